The van der Waals surface area contributed by atoms with Crippen molar-refractivity contribution in [3.63, 3.8) is 0 Å². The maximum atomic E-state index is 6.14. The summed E-state index contributed by atoms with van der Waals surface area (Å²) in [5.41, 5.74) is 8.53. The molecule has 1 saturated carbocycles. The van der Waals surface area contributed by atoms with Gasteiger partial charge in [0.05, 0.1) is 11.4 Å². The number of nitrogens with zero attached hydrogens (tertiary/aromatic N) is 2. The first-order valence-electron chi connectivity index (χ1n) is 6.67. The molecule has 1 fully saturated rings. The Kier molecular flexibility index (Phi) is 3.31. The molecule has 0 radical (unpaired) electrons. The van der Waals surface area contributed by atoms with Gasteiger partial charge in [-0.1, -0.05) is 20.3 Å². The van der Waals surface area contributed by atoms with Gasteiger partial charge in [-0.3, -0.25) is 4.68 Å². The predicted octanol–water partition coefficient (Wildman–Crippen LogP) is 2.56. The molecule has 1 aliphatic carbocycles. The van der Waals surface area contributed by atoms with Crippen LogP contribution in [0.3, 0.4) is 0 Å². The van der Waals surface area contributed by atoms with Crippen LogP contribution in [0.1, 0.15) is 45.2 Å². The number of aryl methyl sites for hydroxylation is 2. The number of nitrogens with two attached hydrogens (primary N) is 1. The molecule has 0 atom stereocenters. The fraction of sp³-hybridized carbons (Fsp3) is 0.769. The monoisotopic (exact) mass is 236 g/mol. The quantitative estimate of drug-likeness (QED) is 0.798. The van der Waals surface area contributed by atoms with Crippen LogP contribution in [0.5, 0.6) is 0 Å². The van der Waals surface area contributed by atoms with Crippen LogP contribution in [0.25, 0.3) is 0 Å². The molecule has 17 heavy (non-hydrogen) atoms. The minimum absolute atomic E-state index is 0.529. The van der Waals surface area contributed by atoms with Crippen molar-refractivity contribution >= 4 is 11.5 Å². The minimum atomic E-state index is 0.529. The van der Waals surface area contributed by atoms with Gasteiger partial charge >= 0.3 is 0 Å². The first kappa shape index (κ1) is 12.3. The number of nitrogen functional groups attached to an aromatic ring is 1. The van der Waals surface area contributed by atoms with E-state index in [9.17, 15) is 0 Å². The first-order chi connectivity index (χ1) is 8.12. The number of hydrogen-bond donors (Lipinski definition) is 2. The molecule has 3 N–H and O–H groups in total. The Labute approximate surface area is 104 Å². The SMILES string of the molecule is CCCc1nn(C)c(NCC2(CC)CC2)c1N. The largest absolute Gasteiger partial charge is 0.394 e. The molecule has 1 aromatic rings. The molecule has 1 aliphatic rings. The van der Waals surface area contributed by atoms with Gasteiger partial charge in [-0.2, -0.15) is 5.10 Å². The molecular formula is C13H24N4. The first-order valence-corrected chi connectivity index (χ1v) is 6.67. The zero-order chi connectivity index (χ0) is 12.5. The maximum Gasteiger partial charge on any atom is 0.147 e. The van der Waals surface area contributed by atoms with E-state index in [1.54, 1.807) is 0 Å². The van der Waals surface area contributed by atoms with Crippen molar-refractivity contribution in [2.75, 3.05) is 17.6 Å². The molecular weight excluding hydrogens is 212 g/mol. The van der Waals surface area contributed by atoms with E-state index in [2.05, 4.69) is 24.3 Å². The molecule has 0 amide bonds. The molecule has 4 heteroatoms. The third-order valence-corrected chi connectivity index (χ3v) is 3.99. The van der Waals surface area contributed by atoms with Crippen LogP contribution in [-0.4, -0.2) is 16.3 Å². The van der Waals surface area contributed by atoms with Crippen LogP contribution >= 0.6 is 0 Å². The van der Waals surface area contributed by atoms with E-state index >= 15 is 0 Å². The fourth-order valence-electron chi connectivity index (χ4n) is 2.33. The van der Waals surface area contributed by atoms with Crippen molar-refractivity contribution in [1.29, 1.82) is 0 Å². The average Bonchev–Trinajstić information content (AvgIpc) is 3.04. The van der Waals surface area contributed by atoms with Crippen molar-refractivity contribution in [2.24, 2.45) is 12.5 Å². The lowest BCUT2D eigenvalue weighted by Gasteiger charge is -2.14. The van der Waals surface area contributed by atoms with Crippen LogP contribution in [0, 0.1) is 5.41 Å². The highest BCUT2D eigenvalue weighted by atomic mass is 15.3. The summed E-state index contributed by atoms with van der Waals surface area (Å²) in [4.78, 5) is 0. The highest BCUT2D eigenvalue weighted by Crippen LogP contribution is 2.48. The van der Waals surface area contributed by atoms with Gasteiger partial charge in [-0.15, -0.1) is 0 Å². The van der Waals surface area contributed by atoms with E-state index in [-0.39, 0.29) is 0 Å². The van der Waals surface area contributed by atoms with E-state index in [4.69, 9.17) is 5.73 Å². The second-order valence-electron chi connectivity index (χ2n) is 5.29. The molecule has 0 aromatic carbocycles. The number of anilines is 2. The molecule has 2 rings (SSSR count). The zero-order valence-electron chi connectivity index (χ0n) is 11.2. The summed E-state index contributed by atoms with van der Waals surface area (Å²) in [5, 5.41) is 7.97. The molecule has 0 unspecified atom stereocenters. The molecule has 4 nitrogen and oxygen atoms in total. The molecule has 96 valence electrons. The van der Waals surface area contributed by atoms with Crippen molar-refractivity contribution in [3.8, 4) is 0 Å². The molecule has 1 heterocycles. The van der Waals surface area contributed by atoms with E-state index in [1.165, 1.54) is 19.3 Å². The standard InChI is InChI=1S/C13H24N4/c1-4-6-10-11(14)12(17(3)16-10)15-9-13(5-2)7-8-13/h15H,4-9,14H2,1-3H3. The van der Waals surface area contributed by atoms with Gasteiger partial charge in [0.1, 0.15) is 5.82 Å². The lowest BCUT2D eigenvalue weighted by molar-refractivity contribution is 0.519. The van der Waals surface area contributed by atoms with Gasteiger partial charge in [-0.25, -0.2) is 0 Å². The summed E-state index contributed by atoms with van der Waals surface area (Å²) in [5.74, 6) is 0.994. The Morgan fingerprint density at radius 3 is 2.65 bits per heavy atom. The third-order valence-electron chi connectivity index (χ3n) is 3.99. The van der Waals surface area contributed by atoms with Gasteiger partial charge in [0.25, 0.3) is 0 Å². The van der Waals surface area contributed by atoms with Crippen LogP contribution in [0.15, 0.2) is 0 Å². The molecule has 0 bridgehead atoms. The van der Waals surface area contributed by atoms with Crippen molar-refractivity contribution in [1.82, 2.24) is 9.78 Å². The van der Waals surface area contributed by atoms with E-state index < -0.39 is 0 Å². The minimum Gasteiger partial charge on any atom is -0.394 e. The average molecular weight is 236 g/mol. The van der Waals surface area contributed by atoms with Gasteiger partial charge in [0.2, 0.25) is 0 Å². The van der Waals surface area contributed by atoms with Crippen molar-refractivity contribution in [3.05, 3.63) is 5.69 Å². The molecule has 1 aromatic heterocycles. The lowest BCUT2D eigenvalue weighted by atomic mass is 10.0. The number of aromatic nitrogens is 2. The second kappa shape index (κ2) is 4.59. The van der Waals surface area contributed by atoms with E-state index in [1.807, 2.05) is 11.7 Å². The molecule has 0 aliphatic heterocycles. The van der Waals surface area contributed by atoms with Gasteiger partial charge in [0, 0.05) is 13.6 Å². The Hall–Kier alpha value is -1.19. The Morgan fingerprint density at radius 2 is 2.12 bits per heavy atom. The highest BCUT2D eigenvalue weighted by Gasteiger charge is 2.40. The Bertz CT molecular complexity index is 390. The van der Waals surface area contributed by atoms with Crippen molar-refractivity contribution in [2.45, 2.75) is 46.0 Å². The zero-order valence-corrected chi connectivity index (χ0v) is 11.2. The number of hydrogen-bond acceptors (Lipinski definition) is 3. The van der Waals surface area contributed by atoms with Crippen LogP contribution in [0.2, 0.25) is 0 Å². The molecule has 0 saturated heterocycles. The van der Waals surface area contributed by atoms with E-state index in [0.717, 1.165) is 36.6 Å². The fourth-order valence-corrected chi connectivity index (χ4v) is 2.33. The van der Waals surface area contributed by atoms with E-state index in [0.29, 0.717) is 5.41 Å². The van der Waals surface area contributed by atoms with Crippen LogP contribution < -0.4 is 11.1 Å². The summed E-state index contributed by atoms with van der Waals surface area (Å²) in [6, 6.07) is 0. The summed E-state index contributed by atoms with van der Waals surface area (Å²) >= 11 is 0. The molecule has 0 spiro atoms. The van der Waals surface area contributed by atoms with Gasteiger partial charge < -0.3 is 11.1 Å². The smallest absolute Gasteiger partial charge is 0.147 e. The topological polar surface area (TPSA) is 55.9 Å². The maximum absolute atomic E-state index is 6.14. The van der Waals surface area contributed by atoms with Gasteiger partial charge in [-0.05, 0) is 31.1 Å². The van der Waals surface area contributed by atoms with Crippen LogP contribution in [-0.2, 0) is 13.5 Å². The summed E-state index contributed by atoms with van der Waals surface area (Å²) in [6.07, 6.45) is 5.98. The normalized spacial score (nSPS) is 17.1. The third kappa shape index (κ3) is 2.40. The Morgan fingerprint density at radius 1 is 1.41 bits per heavy atom. The van der Waals surface area contributed by atoms with Crippen LogP contribution in [0.4, 0.5) is 11.5 Å². The van der Waals surface area contributed by atoms with Gasteiger partial charge in [0.15, 0.2) is 0 Å². The predicted molar refractivity (Wildman–Crippen MR) is 72.1 cm³/mol. The lowest BCUT2D eigenvalue weighted by Crippen LogP contribution is -2.17. The summed E-state index contributed by atoms with van der Waals surface area (Å²) in [6.45, 7) is 5.44. The van der Waals surface area contributed by atoms with Crippen molar-refractivity contribution < 1.29 is 0 Å². The second-order valence-corrected chi connectivity index (χ2v) is 5.29. The highest BCUT2D eigenvalue weighted by molar-refractivity contribution is 5.65. The summed E-state index contributed by atoms with van der Waals surface area (Å²) in [7, 11) is 1.96. The Balaban J connectivity index is 2.05. The summed E-state index contributed by atoms with van der Waals surface area (Å²) < 4.78 is 1.88. The number of nitrogens with one attached hydrogen (secondary N) is 1. The number of rotatable bonds is 6.